The molecule has 0 fully saturated rings. The maximum atomic E-state index is 5.98. The number of rotatable bonds is 6. The average Bonchev–Trinajstić information content (AvgIpc) is 3.31. The van der Waals surface area contributed by atoms with Crippen LogP contribution in [0.1, 0.15) is 10.7 Å². The van der Waals surface area contributed by atoms with Gasteiger partial charge in [-0.15, -0.1) is 22.7 Å². The van der Waals surface area contributed by atoms with Gasteiger partial charge in [-0.25, -0.2) is 9.97 Å². The summed E-state index contributed by atoms with van der Waals surface area (Å²) >= 11 is 9.05. The van der Waals surface area contributed by atoms with Crippen molar-refractivity contribution in [2.24, 2.45) is 0 Å². The fourth-order valence-electron chi connectivity index (χ4n) is 1.99. The predicted octanol–water partition coefficient (Wildman–Crippen LogP) is 3.11. The monoisotopic (exact) mass is 379 g/mol. The highest BCUT2D eigenvalue weighted by Gasteiger charge is 2.13. The van der Waals surface area contributed by atoms with Crippen LogP contribution in [0.5, 0.6) is 6.01 Å². The normalized spacial score (nSPS) is 11.0. The van der Waals surface area contributed by atoms with Crippen LogP contribution in [-0.2, 0) is 13.2 Å². The van der Waals surface area contributed by atoms with Crippen molar-refractivity contribution in [1.82, 2.24) is 29.9 Å². The summed E-state index contributed by atoms with van der Waals surface area (Å²) in [5.74, 6) is 0.528. The lowest BCUT2D eigenvalue weighted by atomic mass is 10.5. The minimum atomic E-state index is 0.124. The quantitative estimate of drug-likeness (QED) is 0.496. The van der Waals surface area contributed by atoms with Crippen LogP contribution in [0.25, 0.3) is 11.2 Å². The zero-order valence-corrected chi connectivity index (χ0v) is 14.5. The van der Waals surface area contributed by atoms with Crippen LogP contribution in [0, 0.1) is 0 Å². The molecule has 0 atom stereocenters. The lowest BCUT2D eigenvalue weighted by Crippen LogP contribution is -2.02. The zero-order chi connectivity index (χ0) is 16.4. The molecule has 0 radical (unpaired) electrons. The number of hydrogen-bond donors (Lipinski definition) is 2. The van der Waals surface area contributed by atoms with Crippen molar-refractivity contribution in [3.8, 4) is 6.01 Å². The summed E-state index contributed by atoms with van der Waals surface area (Å²) in [5.41, 5.74) is 3.66. The Hall–Kier alpha value is -2.30. The Morgan fingerprint density at radius 2 is 2.21 bits per heavy atom. The molecule has 0 aliphatic carbocycles. The Bertz CT molecular complexity index is 939. The van der Waals surface area contributed by atoms with E-state index in [9.17, 15) is 0 Å². The first-order valence-electron chi connectivity index (χ1n) is 6.83. The smallest absolute Gasteiger partial charge is 0.296 e. The summed E-state index contributed by atoms with van der Waals surface area (Å²) in [6.07, 6.45) is 1.75. The van der Waals surface area contributed by atoms with Gasteiger partial charge in [0.15, 0.2) is 17.0 Å². The maximum Gasteiger partial charge on any atom is 0.296 e. The molecule has 0 aliphatic rings. The van der Waals surface area contributed by atoms with Crippen molar-refractivity contribution < 1.29 is 4.74 Å². The SMILES string of the molecule is Clc1nc(NCc2nccs2)c2nc(OCc3cscn3)[nH]c2n1. The first-order chi connectivity index (χ1) is 11.8. The number of nitrogens with zero attached hydrogens (tertiary/aromatic N) is 5. The molecule has 4 aromatic rings. The number of fused-ring (bicyclic) bond motifs is 1. The van der Waals surface area contributed by atoms with Gasteiger partial charge >= 0.3 is 0 Å². The van der Waals surface area contributed by atoms with E-state index in [1.54, 1.807) is 23.0 Å². The van der Waals surface area contributed by atoms with E-state index >= 15 is 0 Å². The molecule has 122 valence electrons. The molecule has 0 saturated carbocycles. The summed E-state index contributed by atoms with van der Waals surface area (Å²) < 4.78 is 5.61. The van der Waals surface area contributed by atoms with E-state index in [-0.39, 0.29) is 5.28 Å². The van der Waals surface area contributed by atoms with Crippen molar-refractivity contribution in [2.45, 2.75) is 13.2 Å². The van der Waals surface area contributed by atoms with Gasteiger partial charge in [0, 0.05) is 17.0 Å². The Balaban J connectivity index is 1.56. The summed E-state index contributed by atoms with van der Waals surface area (Å²) in [4.78, 5) is 24.1. The molecule has 4 aromatic heterocycles. The van der Waals surface area contributed by atoms with E-state index in [0.29, 0.717) is 36.1 Å². The molecule has 24 heavy (non-hydrogen) atoms. The first-order valence-corrected chi connectivity index (χ1v) is 9.03. The molecule has 0 amide bonds. The summed E-state index contributed by atoms with van der Waals surface area (Å²) in [6.45, 7) is 0.855. The molecule has 0 aliphatic heterocycles. The van der Waals surface area contributed by atoms with Crippen molar-refractivity contribution in [3.05, 3.63) is 38.5 Å². The lowest BCUT2D eigenvalue weighted by molar-refractivity contribution is 0.281. The maximum absolute atomic E-state index is 5.98. The molecule has 0 saturated heterocycles. The van der Waals surface area contributed by atoms with Crippen molar-refractivity contribution >= 4 is 51.3 Å². The van der Waals surface area contributed by atoms with Crippen LogP contribution in [0.4, 0.5) is 5.82 Å². The number of ether oxygens (including phenoxy) is 1. The largest absolute Gasteiger partial charge is 0.458 e. The molecule has 0 aromatic carbocycles. The fraction of sp³-hybridized carbons (Fsp3) is 0.154. The van der Waals surface area contributed by atoms with E-state index in [4.69, 9.17) is 16.3 Å². The topological polar surface area (TPSA) is 102 Å². The summed E-state index contributed by atoms with van der Waals surface area (Å²) in [6, 6.07) is 0.340. The minimum Gasteiger partial charge on any atom is -0.458 e. The summed E-state index contributed by atoms with van der Waals surface area (Å²) in [7, 11) is 0. The third-order valence-electron chi connectivity index (χ3n) is 3.03. The van der Waals surface area contributed by atoms with Crippen LogP contribution < -0.4 is 10.1 Å². The fourth-order valence-corrected chi connectivity index (χ4v) is 3.26. The molecular weight excluding hydrogens is 370 g/mol. The van der Waals surface area contributed by atoms with Crippen molar-refractivity contribution in [1.29, 1.82) is 0 Å². The molecule has 0 unspecified atom stereocenters. The Morgan fingerprint density at radius 3 is 3.00 bits per heavy atom. The number of hydrogen-bond acceptors (Lipinski definition) is 9. The number of H-pyrrole nitrogens is 1. The summed E-state index contributed by atoms with van der Waals surface area (Å²) in [5, 5.41) is 8.07. The lowest BCUT2D eigenvalue weighted by Gasteiger charge is -2.03. The molecule has 8 nitrogen and oxygen atoms in total. The van der Waals surface area contributed by atoms with Crippen LogP contribution in [0.2, 0.25) is 5.28 Å². The standard InChI is InChI=1S/C13H10ClN7OS2/c14-12-19-10(16-3-8-15-1-2-24-8)9-11(20-12)21-13(18-9)22-4-7-5-23-6-17-7/h1-2,5-6H,3-4H2,(H2,16,18,19,20,21). The molecular formula is C13H10ClN7OS2. The number of thiazole rings is 2. The number of imidazole rings is 1. The van der Waals surface area contributed by atoms with Gasteiger partial charge in [0.2, 0.25) is 5.28 Å². The van der Waals surface area contributed by atoms with Gasteiger partial charge in [0.1, 0.15) is 11.6 Å². The number of halogens is 1. The highest BCUT2D eigenvalue weighted by atomic mass is 35.5. The molecule has 2 N–H and O–H groups in total. The number of nitrogens with one attached hydrogen (secondary N) is 2. The van der Waals surface area contributed by atoms with Crippen LogP contribution in [0.3, 0.4) is 0 Å². The molecule has 4 rings (SSSR count). The number of aromatic amines is 1. The van der Waals surface area contributed by atoms with E-state index in [2.05, 4.69) is 35.2 Å². The van der Waals surface area contributed by atoms with E-state index in [1.807, 2.05) is 10.8 Å². The van der Waals surface area contributed by atoms with E-state index in [1.165, 1.54) is 11.3 Å². The first kappa shape index (κ1) is 15.2. The highest BCUT2D eigenvalue weighted by Crippen LogP contribution is 2.23. The van der Waals surface area contributed by atoms with Gasteiger partial charge in [-0.05, 0) is 11.6 Å². The van der Waals surface area contributed by atoms with Crippen LogP contribution in [-0.4, -0.2) is 29.9 Å². The average molecular weight is 380 g/mol. The van der Waals surface area contributed by atoms with Gasteiger partial charge in [0.05, 0.1) is 17.7 Å². The minimum absolute atomic E-state index is 0.124. The van der Waals surface area contributed by atoms with Gasteiger partial charge in [-0.3, -0.25) is 4.98 Å². The number of anilines is 1. The molecule has 4 heterocycles. The van der Waals surface area contributed by atoms with E-state index < -0.39 is 0 Å². The Labute approximate surface area is 149 Å². The van der Waals surface area contributed by atoms with Gasteiger partial charge in [0.25, 0.3) is 6.01 Å². The van der Waals surface area contributed by atoms with Crippen LogP contribution >= 0.6 is 34.3 Å². The van der Waals surface area contributed by atoms with Crippen molar-refractivity contribution in [2.75, 3.05) is 5.32 Å². The molecule has 0 spiro atoms. The second-order valence-electron chi connectivity index (χ2n) is 4.63. The van der Waals surface area contributed by atoms with Gasteiger partial charge < -0.3 is 10.1 Å². The predicted molar refractivity (Wildman–Crippen MR) is 92.6 cm³/mol. The third kappa shape index (κ3) is 3.30. The van der Waals surface area contributed by atoms with Gasteiger partial charge in [-0.1, -0.05) is 0 Å². The third-order valence-corrected chi connectivity index (χ3v) is 4.61. The number of aromatic nitrogens is 6. The second kappa shape index (κ2) is 6.67. The van der Waals surface area contributed by atoms with E-state index in [0.717, 1.165) is 10.7 Å². The Morgan fingerprint density at radius 1 is 1.25 bits per heavy atom. The molecule has 11 heteroatoms. The highest BCUT2D eigenvalue weighted by molar-refractivity contribution is 7.09. The molecule has 0 bridgehead atoms. The Kier molecular flexibility index (Phi) is 4.24. The van der Waals surface area contributed by atoms with Crippen molar-refractivity contribution in [3.63, 3.8) is 0 Å². The zero-order valence-electron chi connectivity index (χ0n) is 12.1. The second-order valence-corrected chi connectivity index (χ2v) is 6.66. The van der Waals surface area contributed by atoms with Gasteiger partial charge in [-0.2, -0.15) is 15.0 Å². The van der Waals surface area contributed by atoms with Crippen LogP contribution in [0.15, 0.2) is 22.5 Å².